The molecule has 4 rings (SSSR count). The molecular formula is C20H24N2. The van der Waals surface area contributed by atoms with Gasteiger partial charge in [-0.05, 0) is 62.0 Å². The number of benzene rings is 2. The predicted molar refractivity (Wildman–Crippen MR) is 92.2 cm³/mol. The van der Waals surface area contributed by atoms with Gasteiger partial charge < -0.3 is 4.90 Å². The summed E-state index contributed by atoms with van der Waals surface area (Å²) in [6, 6.07) is 20.5. The summed E-state index contributed by atoms with van der Waals surface area (Å²) in [5.41, 5.74) is 4.44. The average molecular weight is 292 g/mol. The summed E-state index contributed by atoms with van der Waals surface area (Å²) >= 11 is 0. The number of para-hydroxylation sites is 1. The van der Waals surface area contributed by atoms with Gasteiger partial charge in [-0.2, -0.15) is 0 Å². The third-order valence-electron chi connectivity index (χ3n) is 5.11. The second-order valence-electron chi connectivity index (χ2n) is 6.60. The summed E-state index contributed by atoms with van der Waals surface area (Å²) in [4.78, 5) is 5.24. The Morgan fingerprint density at radius 2 is 1.41 bits per heavy atom. The number of hydrogen-bond acceptors (Lipinski definition) is 2. The first kappa shape index (κ1) is 13.8. The van der Waals surface area contributed by atoms with Crippen LogP contribution in [0.4, 0.5) is 5.69 Å². The molecule has 1 aliphatic carbocycles. The third kappa shape index (κ3) is 2.76. The molecule has 0 amide bonds. The number of rotatable bonds is 4. The standard InChI is InChI=1S/C20H24N2/c1-2-10-19(11-3-1)22(16-21-12-6-7-13-21)20-14-17-8-4-5-9-18(17)15-20/h1-5,8-11,20H,6-7,12-16H2. The molecule has 0 N–H and O–H groups in total. The highest BCUT2D eigenvalue weighted by molar-refractivity contribution is 5.49. The van der Waals surface area contributed by atoms with E-state index in [4.69, 9.17) is 0 Å². The quantitative estimate of drug-likeness (QED) is 0.847. The Kier molecular flexibility index (Phi) is 3.86. The van der Waals surface area contributed by atoms with E-state index in [1.165, 1.54) is 55.6 Å². The largest absolute Gasteiger partial charge is 0.355 e. The summed E-state index contributed by atoms with van der Waals surface area (Å²) in [5.74, 6) is 0. The Morgan fingerprint density at radius 3 is 2.05 bits per heavy atom. The highest BCUT2D eigenvalue weighted by atomic mass is 15.3. The van der Waals surface area contributed by atoms with Crippen molar-refractivity contribution in [3.8, 4) is 0 Å². The van der Waals surface area contributed by atoms with Crippen molar-refractivity contribution >= 4 is 5.69 Å². The average Bonchev–Trinajstić information content (AvgIpc) is 3.22. The smallest absolute Gasteiger partial charge is 0.0710 e. The van der Waals surface area contributed by atoms with Gasteiger partial charge in [0.25, 0.3) is 0 Å². The fourth-order valence-corrected chi connectivity index (χ4v) is 3.92. The molecule has 1 heterocycles. The number of hydrogen-bond donors (Lipinski definition) is 0. The van der Waals surface area contributed by atoms with Crippen molar-refractivity contribution in [3.05, 3.63) is 65.7 Å². The predicted octanol–water partition coefficient (Wildman–Crippen LogP) is 3.71. The SMILES string of the molecule is c1ccc(N(CN2CCCC2)C2Cc3ccccc3C2)cc1. The maximum Gasteiger partial charge on any atom is 0.0710 e. The molecule has 0 aromatic heterocycles. The topological polar surface area (TPSA) is 6.48 Å². The van der Waals surface area contributed by atoms with E-state index < -0.39 is 0 Å². The van der Waals surface area contributed by atoms with E-state index in [1.54, 1.807) is 0 Å². The van der Waals surface area contributed by atoms with E-state index in [9.17, 15) is 0 Å². The molecule has 0 radical (unpaired) electrons. The van der Waals surface area contributed by atoms with E-state index in [0.29, 0.717) is 6.04 Å². The van der Waals surface area contributed by atoms with Gasteiger partial charge in [0, 0.05) is 11.7 Å². The van der Waals surface area contributed by atoms with Crippen molar-refractivity contribution in [2.75, 3.05) is 24.7 Å². The maximum absolute atomic E-state index is 2.63. The second-order valence-corrected chi connectivity index (χ2v) is 6.60. The van der Waals surface area contributed by atoms with Gasteiger partial charge in [-0.3, -0.25) is 4.90 Å². The van der Waals surface area contributed by atoms with Crippen molar-refractivity contribution in [3.63, 3.8) is 0 Å². The molecule has 2 aliphatic rings. The zero-order valence-corrected chi connectivity index (χ0v) is 13.1. The van der Waals surface area contributed by atoms with Crippen LogP contribution in [-0.2, 0) is 12.8 Å². The minimum atomic E-state index is 0.598. The normalized spacial score (nSPS) is 18.5. The summed E-state index contributed by atoms with van der Waals surface area (Å²) in [5, 5.41) is 0. The van der Waals surface area contributed by atoms with Crippen LogP contribution >= 0.6 is 0 Å². The monoisotopic (exact) mass is 292 g/mol. The van der Waals surface area contributed by atoms with E-state index in [0.717, 1.165) is 6.67 Å². The lowest BCUT2D eigenvalue weighted by Gasteiger charge is -2.34. The first-order chi connectivity index (χ1) is 10.9. The molecule has 0 saturated carbocycles. The first-order valence-electron chi connectivity index (χ1n) is 8.51. The van der Waals surface area contributed by atoms with E-state index in [1.807, 2.05) is 0 Å². The molecule has 22 heavy (non-hydrogen) atoms. The van der Waals surface area contributed by atoms with Crippen molar-refractivity contribution in [2.24, 2.45) is 0 Å². The Morgan fingerprint density at radius 1 is 0.818 bits per heavy atom. The maximum atomic E-state index is 2.63. The van der Waals surface area contributed by atoms with Crippen LogP contribution in [0.3, 0.4) is 0 Å². The molecule has 0 unspecified atom stereocenters. The summed E-state index contributed by atoms with van der Waals surface area (Å²) in [6.07, 6.45) is 5.07. The van der Waals surface area contributed by atoms with Crippen molar-refractivity contribution in [1.29, 1.82) is 0 Å². The molecule has 0 spiro atoms. The number of nitrogens with zero attached hydrogens (tertiary/aromatic N) is 2. The van der Waals surface area contributed by atoms with E-state index in [-0.39, 0.29) is 0 Å². The lowest BCUT2D eigenvalue weighted by atomic mass is 10.1. The fourth-order valence-electron chi connectivity index (χ4n) is 3.92. The molecule has 2 aromatic carbocycles. The molecule has 1 aliphatic heterocycles. The van der Waals surface area contributed by atoms with Crippen LogP contribution in [0.1, 0.15) is 24.0 Å². The zero-order valence-electron chi connectivity index (χ0n) is 13.1. The van der Waals surface area contributed by atoms with Gasteiger partial charge in [0.1, 0.15) is 0 Å². The van der Waals surface area contributed by atoms with Crippen molar-refractivity contribution < 1.29 is 0 Å². The molecule has 2 heteroatoms. The minimum absolute atomic E-state index is 0.598. The molecular weight excluding hydrogens is 268 g/mol. The Hall–Kier alpha value is -1.80. The molecule has 114 valence electrons. The molecule has 1 saturated heterocycles. The number of fused-ring (bicyclic) bond motifs is 1. The molecule has 1 fully saturated rings. The number of anilines is 1. The van der Waals surface area contributed by atoms with Gasteiger partial charge in [0.15, 0.2) is 0 Å². The van der Waals surface area contributed by atoms with Crippen LogP contribution < -0.4 is 4.90 Å². The Labute approximate surface area is 133 Å². The fraction of sp³-hybridized carbons (Fsp3) is 0.400. The third-order valence-corrected chi connectivity index (χ3v) is 5.11. The van der Waals surface area contributed by atoms with Crippen LogP contribution in [0.2, 0.25) is 0 Å². The van der Waals surface area contributed by atoms with E-state index >= 15 is 0 Å². The van der Waals surface area contributed by atoms with Crippen LogP contribution in [0, 0.1) is 0 Å². The highest BCUT2D eigenvalue weighted by Crippen LogP contribution is 2.29. The van der Waals surface area contributed by atoms with Gasteiger partial charge in [0.05, 0.1) is 6.67 Å². The summed E-state index contributed by atoms with van der Waals surface area (Å²) in [6.45, 7) is 3.58. The zero-order chi connectivity index (χ0) is 14.8. The molecule has 0 bridgehead atoms. The van der Waals surface area contributed by atoms with Gasteiger partial charge >= 0.3 is 0 Å². The molecule has 2 aromatic rings. The van der Waals surface area contributed by atoms with Crippen LogP contribution in [0.25, 0.3) is 0 Å². The van der Waals surface area contributed by atoms with Crippen molar-refractivity contribution in [2.45, 2.75) is 31.7 Å². The Bertz CT molecular complexity index is 592. The molecule has 2 nitrogen and oxygen atoms in total. The van der Waals surface area contributed by atoms with Gasteiger partial charge in [-0.1, -0.05) is 42.5 Å². The van der Waals surface area contributed by atoms with Gasteiger partial charge in [-0.15, -0.1) is 0 Å². The summed E-state index contributed by atoms with van der Waals surface area (Å²) in [7, 11) is 0. The van der Waals surface area contributed by atoms with Crippen LogP contribution in [-0.4, -0.2) is 30.7 Å². The highest BCUT2D eigenvalue weighted by Gasteiger charge is 2.28. The lowest BCUT2D eigenvalue weighted by Crippen LogP contribution is -2.43. The second kappa shape index (κ2) is 6.13. The minimum Gasteiger partial charge on any atom is -0.355 e. The van der Waals surface area contributed by atoms with Gasteiger partial charge in [-0.25, -0.2) is 0 Å². The van der Waals surface area contributed by atoms with Crippen LogP contribution in [0.15, 0.2) is 54.6 Å². The Balaban J connectivity index is 1.58. The van der Waals surface area contributed by atoms with Gasteiger partial charge in [0.2, 0.25) is 0 Å². The molecule has 0 atom stereocenters. The first-order valence-corrected chi connectivity index (χ1v) is 8.51. The number of likely N-dealkylation sites (tertiary alicyclic amines) is 1. The van der Waals surface area contributed by atoms with Crippen LogP contribution in [0.5, 0.6) is 0 Å². The van der Waals surface area contributed by atoms with E-state index in [2.05, 4.69) is 64.4 Å². The van der Waals surface area contributed by atoms with Crippen molar-refractivity contribution in [1.82, 2.24) is 4.90 Å². The summed E-state index contributed by atoms with van der Waals surface area (Å²) < 4.78 is 0. The lowest BCUT2D eigenvalue weighted by molar-refractivity contribution is 0.322.